The monoisotopic (exact) mass is 451 g/mol. The summed E-state index contributed by atoms with van der Waals surface area (Å²) in [5.74, 6) is -0.130. The maximum absolute atomic E-state index is 11.4. The molecule has 0 bridgehead atoms. The molecule has 0 spiro atoms. The summed E-state index contributed by atoms with van der Waals surface area (Å²) in [6.45, 7) is 3.80. The van der Waals surface area contributed by atoms with Gasteiger partial charge in [0.05, 0.1) is 13.2 Å². The van der Waals surface area contributed by atoms with Gasteiger partial charge in [-0.1, -0.05) is 18.2 Å². The van der Waals surface area contributed by atoms with E-state index in [1.807, 2.05) is 43.3 Å². The van der Waals surface area contributed by atoms with Crippen molar-refractivity contribution >= 4 is 51.0 Å². The molecule has 9 heteroatoms. The van der Waals surface area contributed by atoms with Crippen LogP contribution in [-0.4, -0.2) is 31.8 Å². The maximum atomic E-state index is 11.4. The number of pyridine rings is 1. The molecule has 4 rings (SSSR count). The highest BCUT2D eigenvalue weighted by atomic mass is 32.1. The van der Waals surface area contributed by atoms with Crippen molar-refractivity contribution in [1.82, 2.24) is 9.99 Å². The Hall–Kier alpha value is -3.14. The quantitative estimate of drug-likeness (QED) is 0.511. The predicted molar refractivity (Wildman–Crippen MR) is 127 cm³/mol. The molecule has 7 nitrogen and oxygen atoms in total. The Kier molecular flexibility index (Phi) is 6.08. The Morgan fingerprint density at radius 2 is 2.06 bits per heavy atom. The number of aryl methyl sites for hydroxylation is 1. The number of hydrogen-bond donors (Lipinski definition) is 3. The van der Waals surface area contributed by atoms with Crippen molar-refractivity contribution < 1.29 is 9.90 Å². The average Bonchev–Trinajstić information content (AvgIpc) is 2.99. The largest absolute Gasteiger partial charge is 0.392 e. The third-order valence-electron chi connectivity index (χ3n) is 4.81. The number of hydrogen-bond acceptors (Lipinski definition) is 6. The molecule has 3 aromatic rings. The molecule has 2 aromatic heterocycles. The molecule has 1 aliphatic rings. The first-order chi connectivity index (χ1) is 15.0. The number of fused-ring (bicyclic) bond motifs is 1. The SMILES string of the molecule is CC(=O)Nc1ccc(C2=NN(Cc3cccnc3)C(=S)Nc3sc(C)c(CO)c32)cc1. The molecule has 0 radical (unpaired) electrons. The Morgan fingerprint density at radius 3 is 2.71 bits per heavy atom. The smallest absolute Gasteiger partial charge is 0.221 e. The van der Waals surface area contributed by atoms with Crippen LogP contribution in [0.25, 0.3) is 0 Å². The van der Waals surface area contributed by atoms with E-state index < -0.39 is 0 Å². The first kappa shape index (κ1) is 21.1. The summed E-state index contributed by atoms with van der Waals surface area (Å²) in [5.41, 5.74) is 4.89. The number of nitrogens with one attached hydrogen (secondary N) is 2. The van der Waals surface area contributed by atoms with Crippen LogP contribution in [0.1, 0.15) is 34.1 Å². The highest BCUT2D eigenvalue weighted by molar-refractivity contribution is 7.80. The fourth-order valence-corrected chi connectivity index (χ4v) is 4.71. The van der Waals surface area contributed by atoms with Crippen molar-refractivity contribution in [3.05, 3.63) is 75.9 Å². The number of benzene rings is 1. The summed E-state index contributed by atoms with van der Waals surface area (Å²) in [6, 6.07) is 11.3. The van der Waals surface area contributed by atoms with Crippen LogP contribution in [0.15, 0.2) is 53.9 Å². The number of rotatable bonds is 5. The van der Waals surface area contributed by atoms with E-state index in [2.05, 4.69) is 15.6 Å². The molecular weight excluding hydrogens is 430 g/mol. The van der Waals surface area contributed by atoms with E-state index in [0.717, 1.165) is 32.1 Å². The number of carbonyl (C=O) groups is 1. The summed E-state index contributed by atoms with van der Waals surface area (Å²) in [4.78, 5) is 16.5. The lowest BCUT2D eigenvalue weighted by atomic mass is 9.99. The molecule has 0 unspecified atom stereocenters. The average molecular weight is 452 g/mol. The highest BCUT2D eigenvalue weighted by Crippen LogP contribution is 2.37. The lowest BCUT2D eigenvalue weighted by molar-refractivity contribution is -0.114. The van der Waals surface area contributed by atoms with Crippen LogP contribution < -0.4 is 10.6 Å². The molecule has 0 saturated carbocycles. The number of anilines is 2. The van der Waals surface area contributed by atoms with Crippen LogP contribution in [0.5, 0.6) is 0 Å². The van der Waals surface area contributed by atoms with Gasteiger partial charge in [0.25, 0.3) is 0 Å². The van der Waals surface area contributed by atoms with Gasteiger partial charge in [-0.25, -0.2) is 5.01 Å². The van der Waals surface area contributed by atoms with Crippen molar-refractivity contribution in [3.8, 4) is 0 Å². The number of amides is 1. The topological polar surface area (TPSA) is 89.9 Å². The van der Waals surface area contributed by atoms with Gasteiger partial charge in [0.1, 0.15) is 10.7 Å². The van der Waals surface area contributed by atoms with Crippen molar-refractivity contribution in [2.24, 2.45) is 5.10 Å². The van der Waals surface area contributed by atoms with Gasteiger partial charge >= 0.3 is 0 Å². The molecule has 0 saturated heterocycles. The van der Waals surface area contributed by atoms with Crippen molar-refractivity contribution in [2.75, 3.05) is 10.6 Å². The van der Waals surface area contributed by atoms with E-state index in [9.17, 15) is 9.90 Å². The number of thiophene rings is 1. The minimum absolute atomic E-state index is 0.0995. The standard InChI is InChI=1S/C22H21N5O2S2/c1-13-18(12-28)19-20(16-5-7-17(8-6-16)24-14(2)29)26-27(22(30)25-21(19)31-13)11-15-4-3-9-23-10-15/h3-10,28H,11-12H2,1-2H3,(H,24,29)(H,25,30). The molecule has 1 aromatic carbocycles. The van der Waals surface area contributed by atoms with E-state index in [4.69, 9.17) is 17.3 Å². The van der Waals surface area contributed by atoms with Crippen LogP contribution in [0.4, 0.5) is 10.7 Å². The molecule has 0 aliphatic carbocycles. The molecule has 3 N–H and O–H groups in total. The number of aliphatic hydroxyl groups is 1. The Morgan fingerprint density at radius 1 is 1.29 bits per heavy atom. The number of aliphatic hydroxyl groups excluding tert-OH is 1. The number of carbonyl (C=O) groups excluding carboxylic acids is 1. The first-order valence-electron chi connectivity index (χ1n) is 9.64. The number of thiocarbonyl (C=S) groups is 1. The lowest BCUT2D eigenvalue weighted by Gasteiger charge is -2.19. The minimum Gasteiger partial charge on any atom is -0.392 e. The van der Waals surface area contributed by atoms with Gasteiger partial charge in [0.2, 0.25) is 5.91 Å². The van der Waals surface area contributed by atoms with Gasteiger partial charge in [-0.05, 0) is 42.9 Å². The zero-order valence-electron chi connectivity index (χ0n) is 17.0. The van der Waals surface area contributed by atoms with Crippen LogP contribution in [0.3, 0.4) is 0 Å². The first-order valence-corrected chi connectivity index (χ1v) is 10.9. The van der Waals surface area contributed by atoms with Gasteiger partial charge < -0.3 is 15.7 Å². The Bertz CT molecular complexity index is 1160. The maximum Gasteiger partial charge on any atom is 0.221 e. The molecule has 0 atom stereocenters. The molecule has 0 fully saturated rings. The zero-order chi connectivity index (χ0) is 22.0. The van der Waals surface area contributed by atoms with Gasteiger partial charge in [0, 0.05) is 46.6 Å². The Balaban J connectivity index is 1.81. The lowest BCUT2D eigenvalue weighted by Crippen LogP contribution is -2.29. The van der Waals surface area contributed by atoms with Crippen LogP contribution in [0, 0.1) is 6.92 Å². The zero-order valence-corrected chi connectivity index (χ0v) is 18.7. The van der Waals surface area contributed by atoms with Crippen molar-refractivity contribution in [1.29, 1.82) is 0 Å². The van der Waals surface area contributed by atoms with E-state index in [0.29, 0.717) is 23.1 Å². The summed E-state index contributed by atoms with van der Waals surface area (Å²) in [6.07, 6.45) is 3.51. The van der Waals surface area contributed by atoms with Crippen LogP contribution >= 0.6 is 23.6 Å². The second-order valence-electron chi connectivity index (χ2n) is 7.06. The third kappa shape index (κ3) is 4.48. The molecule has 31 heavy (non-hydrogen) atoms. The van der Waals surface area contributed by atoms with Gasteiger partial charge in [-0.3, -0.25) is 9.78 Å². The second-order valence-corrected chi connectivity index (χ2v) is 8.67. The third-order valence-corrected chi connectivity index (χ3v) is 6.19. The van der Waals surface area contributed by atoms with Crippen molar-refractivity contribution in [3.63, 3.8) is 0 Å². The fraction of sp³-hybridized carbons (Fsp3) is 0.182. The summed E-state index contributed by atoms with van der Waals surface area (Å²) < 4.78 is 0. The Labute approximate surface area is 189 Å². The van der Waals surface area contributed by atoms with E-state index in [1.165, 1.54) is 6.92 Å². The number of aromatic nitrogens is 1. The number of hydrazone groups is 1. The highest BCUT2D eigenvalue weighted by Gasteiger charge is 2.27. The molecule has 1 aliphatic heterocycles. The van der Waals surface area contributed by atoms with Crippen LogP contribution in [0.2, 0.25) is 0 Å². The minimum atomic E-state index is -0.130. The number of nitrogens with zero attached hydrogens (tertiary/aromatic N) is 3. The van der Waals surface area contributed by atoms with Crippen LogP contribution in [-0.2, 0) is 17.9 Å². The van der Waals surface area contributed by atoms with Gasteiger partial charge in [-0.15, -0.1) is 11.3 Å². The van der Waals surface area contributed by atoms with Gasteiger partial charge in [-0.2, -0.15) is 5.10 Å². The molecule has 1 amide bonds. The summed E-state index contributed by atoms with van der Waals surface area (Å²) in [7, 11) is 0. The normalized spacial score (nSPS) is 13.2. The van der Waals surface area contributed by atoms with Gasteiger partial charge in [0.15, 0.2) is 5.11 Å². The van der Waals surface area contributed by atoms with E-state index >= 15 is 0 Å². The predicted octanol–water partition coefficient (Wildman–Crippen LogP) is 3.87. The summed E-state index contributed by atoms with van der Waals surface area (Å²) >= 11 is 7.17. The molecule has 3 heterocycles. The molecule has 158 valence electrons. The van der Waals surface area contributed by atoms with Crippen molar-refractivity contribution in [2.45, 2.75) is 27.0 Å². The summed E-state index contributed by atoms with van der Waals surface area (Å²) in [5, 5.41) is 24.1. The fourth-order valence-electron chi connectivity index (χ4n) is 3.37. The van der Waals surface area contributed by atoms with E-state index in [1.54, 1.807) is 28.7 Å². The molecular formula is C22H21N5O2S2. The van der Waals surface area contributed by atoms with E-state index in [-0.39, 0.29) is 12.5 Å². The second kappa shape index (κ2) is 8.93.